The van der Waals surface area contributed by atoms with Crippen molar-refractivity contribution in [3.63, 3.8) is 0 Å². The molecule has 0 aliphatic carbocycles. The number of amides is 1. The first-order valence-electron chi connectivity index (χ1n) is 6.95. The predicted molar refractivity (Wildman–Crippen MR) is 82.6 cm³/mol. The maximum atomic E-state index is 11.7. The van der Waals surface area contributed by atoms with Crippen molar-refractivity contribution >= 4 is 12.1 Å². The fourth-order valence-corrected chi connectivity index (χ4v) is 1.67. The van der Waals surface area contributed by atoms with Crippen LogP contribution in [-0.4, -0.2) is 17.1 Å². The minimum Gasteiger partial charge on any atom is -0.267 e. The van der Waals surface area contributed by atoms with Gasteiger partial charge in [0.15, 0.2) is 0 Å². The van der Waals surface area contributed by atoms with E-state index in [9.17, 15) is 4.79 Å². The molecule has 0 saturated carbocycles. The smallest absolute Gasteiger partial charge is 0.267 e. The van der Waals surface area contributed by atoms with Gasteiger partial charge in [-0.25, -0.2) is 5.43 Å². The minimum absolute atomic E-state index is 0.230. The maximum Gasteiger partial charge on any atom is 0.272 e. The van der Waals surface area contributed by atoms with Gasteiger partial charge < -0.3 is 0 Å². The van der Waals surface area contributed by atoms with Crippen molar-refractivity contribution in [2.75, 3.05) is 0 Å². The number of nitrogens with zero attached hydrogens (tertiary/aromatic N) is 2. The summed E-state index contributed by atoms with van der Waals surface area (Å²) in [4.78, 5) is 15.6. The molecule has 108 valence electrons. The van der Waals surface area contributed by atoms with E-state index in [2.05, 4.69) is 42.4 Å². The Kier molecular flexibility index (Phi) is 7.25. The summed E-state index contributed by atoms with van der Waals surface area (Å²) in [5, 5.41) is 3.96. The molecule has 1 heterocycles. The summed E-state index contributed by atoms with van der Waals surface area (Å²) in [6.07, 6.45) is 10.3. The molecule has 20 heavy (non-hydrogen) atoms. The van der Waals surface area contributed by atoms with Gasteiger partial charge in [0.1, 0.15) is 0 Å². The molecule has 1 atom stereocenters. The SMILES string of the molecule is CC(C)=CCC[C@@H](C)C/C=N\NC(=O)c1cccnc1. The Bertz CT molecular complexity index is 462. The Hall–Kier alpha value is -1.97. The minimum atomic E-state index is -0.230. The Morgan fingerprint density at radius 3 is 2.95 bits per heavy atom. The average Bonchev–Trinajstić information content (AvgIpc) is 2.44. The van der Waals surface area contributed by atoms with E-state index < -0.39 is 0 Å². The molecule has 0 aromatic carbocycles. The number of carbonyl (C=O) groups excluding carboxylic acids is 1. The maximum absolute atomic E-state index is 11.7. The van der Waals surface area contributed by atoms with Gasteiger partial charge in [-0.2, -0.15) is 5.10 Å². The fourth-order valence-electron chi connectivity index (χ4n) is 1.67. The molecule has 0 radical (unpaired) electrons. The van der Waals surface area contributed by atoms with E-state index in [1.165, 1.54) is 11.8 Å². The number of hydrogen-bond acceptors (Lipinski definition) is 3. The lowest BCUT2D eigenvalue weighted by atomic mass is 10.0. The first kappa shape index (κ1) is 16.1. The molecule has 0 saturated heterocycles. The van der Waals surface area contributed by atoms with Gasteiger partial charge in [-0.3, -0.25) is 9.78 Å². The van der Waals surface area contributed by atoms with E-state index in [4.69, 9.17) is 0 Å². The van der Waals surface area contributed by atoms with Crippen LogP contribution < -0.4 is 5.43 Å². The molecular weight excluding hydrogens is 250 g/mol. The van der Waals surface area contributed by atoms with Crippen LogP contribution in [0.1, 0.15) is 50.4 Å². The molecule has 0 unspecified atom stereocenters. The highest BCUT2D eigenvalue weighted by Gasteiger charge is 2.02. The second-order valence-corrected chi connectivity index (χ2v) is 5.19. The molecule has 0 aliphatic rings. The summed E-state index contributed by atoms with van der Waals surface area (Å²) in [6, 6.07) is 3.43. The van der Waals surface area contributed by atoms with Crippen molar-refractivity contribution in [2.24, 2.45) is 11.0 Å². The first-order valence-corrected chi connectivity index (χ1v) is 6.95. The van der Waals surface area contributed by atoms with Gasteiger partial charge in [0.25, 0.3) is 5.91 Å². The number of nitrogens with one attached hydrogen (secondary N) is 1. The third-order valence-electron chi connectivity index (χ3n) is 2.90. The largest absolute Gasteiger partial charge is 0.272 e. The summed E-state index contributed by atoms with van der Waals surface area (Å²) in [5.74, 6) is 0.330. The first-order chi connectivity index (χ1) is 9.59. The molecule has 1 aromatic rings. The van der Waals surface area contributed by atoms with Crippen LogP contribution in [0, 0.1) is 5.92 Å². The standard InChI is InChI=1S/C16H23N3O/c1-13(2)6-4-7-14(3)9-11-18-19-16(20)15-8-5-10-17-12-15/h5-6,8,10-12,14H,4,7,9H2,1-3H3,(H,19,20)/b18-11-/t14-/m1/s1. The monoisotopic (exact) mass is 273 g/mol. The molecule has 4 heteroatoms. The number of carbonyl (C=O) groups is 1. The van der Waals surface area contributed by atoms with Crippen LogP contribution in [0.15, 0.2) is 41.3 Å². The third-order valence-corrected chi connectivity index (χ3v) is 2.90. The molecule has 0 bridgehead atoms. The Morgan fingerprint density at radius 1 is 1.50 bits per heavy atom. The summed E-state index contributed by atoms with van der Waals surface area (Å²) >= 11 is 0. The zero-order valence-corrected chi connectivity index (χ0v) is 12.5. The van der Waals surface area contributed by atoms with Crippen LogP contribution >= 0.6 is 0 Å². The molecular formula is C16H23N3O. The van der Waals surface area contributed by atoms with E-state index in [0.29, 0.717) is 11.5 Å². The predicted octanol–water partition coefficient (Wildman–Crippen LogP) is 3.57. The number of hydrogen-bond donors (Lipinski definition) is 1. The fraction of sp³-hybridized carbons (Fsp3) is 0.438. The second-order valence-electron chi connectivity index (χ2n) is 5.19. The highest BCUT2D eigenvalue weighted by molar-refractivity contribution is 5.93. The Labute approximate surface area is 121 Å². The molecule has 4 nitrogen and oxygen atoms in total. The number of pyridine rings is 1. The zero-order chi connectivity index (χ0) is 14.8. The molecule has 1 rings (SSSR count). The van der Waals surface area contributed by atoms with Crippen molar-refractivity contribution in [3.05, 3.63) is 41.7 Å². The highest BCUT2D eigenvalue weighted by Crippen LogP contribution is 2.10. The summed E-state index contributed by atoms with van der Waals surface area (Å²) < 4.78 is 0. The third kappa shape index (κ3) is 6.83. The average molecular weight is 273 g/mol. The van der Waals surface area contributed by atoms with E-state index in [0.717, 1.165) is 19.3 Å². The topological polar surface area (TPSA) is 54.4 Å². The van der Waals surface area contributed by atoms with Crippen LogP contribution in [0.25, 0.3) is 0 Å². The number of hydrazone groups is 1. The van der Waals surface area contributed by atoms with Crippen LogP contribution in [-0.2, 0) is 0 Å². The molecule has 0 aliphatic heterocycles. The normalized spacial score (nSPS) is 12.2. The van der Waals surface area contributed by atoms with Crippen molar-refractivity contribution in [2.45, 2.75) is 40.0 Å². The van der Waals surface area contributed by atoms with Crippen LogP contribution in [0.2, 0.25) is 0 Å². The van der Waals surface area contributed by atoms with Gasteiger partial charge in [-0.15, -0.1) is 0 Å². The summed E-state index contributed by atoms with van der Waals surface area (Å²) in [7, 11) is 0. The number of rotatable bonds is 7. The van der Waals surface area contributed by atoms with Gasteiger partial charge in [0.2, 0.25) is 0 Å². The Morgan fingerprint density at radius 2 is 2.30 bits per heavy atom. The van der Waals surface area contributed by atoms with Crippen LogP contribution in [0.3, 0.4) is 0 Å². The Balaban J connectivity index is 2.25. The van der Waals surface area contributed by atoms with Crippen LogP contribution in [0.4, 0.5) is 0 Å². The molecule has 1 amide bonds. The lowest BCUT2D eigenvalue weighted by Crippen LogP contribution is -2.17. The summed E-state index contributed by atoms with van der Waals surface area (Å²) in [5.41, 5.74) is 4.38. The lowest BCUT2D eigenvalue weighted by Gasteiger charge is -2.06. The van der Waals surface area contributed by atoms with Gasteiger partial charge in [-0.05, 0) is 51.2 Å². The van der Waals surface area contributed by atoms with Crippen molar-refractivity contribution in [3.8, 4) is 0 Å². The summed E-state index contributed by atoms with van der Waals surface area (Å²) in [6.45, 7) is 6.41. The quantitative estimate of drug-likeness (QED) is 0.469. The molecule has 0 spiro atoms. The molecule has 0 fully saturated rings. The lowest BCUT2D eigenvalue weighted by molar-refractivity contribution is 0.0954. The molecule has 1 aromatic heterocycles. The van der Waals surface area contributed by atoms with Crippen molar-refractivity contribution in [1.29, 1.82) is 0 Å². The van der Waals surface area contributed by atoms with Gasteiger partial charge in [0.05, 0.1) is 5.56 Å². The van der Waals surface area contributed by atoms with E-state index in [-0.39, 0.29) is 5.91 Å². The van der Waals surface area contributed by atoms with Crippen molar-refractivity contribution < 1.29 is 4.79 Å². The van der Waals surface area contributed by atoms with Crippen LogP contribution in [0.5, 0.6) is 0 Å². The van der Waals surface area contributed by atoms with E-state index >= 15 is 0 Å². The highest BCUT2D eigenvalue weighted by atomic mass is 16.2. The van der Waals surface area contributed by atoms with Crippen molar-refractivity contribution in [1.82, 2.24) is 10.4 Å². The number of allylic oxidation sites excluding steroid dienone is 2. The number of aromatic nitrogens is 1. The molecule has 1 N–H and O–H groups in total. The van der Waals surface area contributed by atoms with Gasteiger partial charge in [0, 0.05) is 18.6 Å². The second kappa shape index (κ2) is 9.02. The van der Waals surface area contributed by atoms with E-state index in [1.807, 2.05) is 0 Å². The van der Waals surface area contributed by atoms with E-state index in [1.54, 1.807) is 24.5 Å². The van der Waals surface area contributed by atoms with Gasteiger partial charge >= 0.3 is 0 Å². The zero-order valence-electron chi connectivity index (χ0n) is 12.5. The van der Waals surface area contributed by atoms with Gasteiger partial charge in [-0.1, -0.05) is 18.6 Å².